The maximum Gasteiger partial charge on any atom is 0.123 e. The molecule has 0 fully saturated rings. The minimum Gasteiger partial charge on any atom is -0.316 e. The smallest absolute Gasteiger partial charge is 0.123 e. The number of halogens is 1. The van der Waals surface area contributed by atoms with E-state index in [2.05, 4.69) is 11.4 Å². The van der Waals surface area contributed by atoms with Crippen LogP contribution in [0.2, 0.25) is 0 Å². The summed E-state index contributed by atoms with van der Waals surface area (Å²) in [5.74, 6) is -0.277. The molecule has 0 saturated heterocycles. The highest BCUT2D eigenvalue weighted by Crippen LogP contribution is 2.13. The van der Waals surface area contributed by atoms with Gasteiger partial charge in [0, 0.05) is 6.54 Å². The molecule has 3 heteroatoms. The van der Waals surface area contributed by atoms with E-state index in [9.17, 15) is 4.39 Å². The van der Waals surface area contributed by atoms with Gasteiger partial charge in [-0.1, -0.05) is 18.2 Å². The topological polar surface area (TPSA) is 35.8 Å². The van der Waals surface area contributed by atoms with Crippen LogP contribution in [0.3, 0.4) is 0 Å². The minimum atomic E-state index is -0.277. The Morgan fingerprint density at radius 3 is 3.00 bits per heavy atom. The molecule has 0 unspecified atom stereocenters. The van der Waals surface area contributed by atoms with E-state index >= 15 is 0 Å². The lowest BCUT2D eigenvalue weighted by atomic mass is 10.0. The number of nitrogens with zero attached hydrogens (tertiary/aromatic N) is 1. The highest BCUT2D eigenvalue weighted by atomic mass is 19.1. The van der Waals surface area contributed by atoms with Crippen LogP contribution in [-0.4, -0.2) is 13.6 Å². The number of hydrogen-bond acceptors (Lipinski definition) is 2. The molecule has 1 aromatic carbocycles. The summed E-state index contributed by atoms with van der Waals surface area (Å²) in [6.07, 6.45) is 4.03. The quantitative estimate of drug-likeness (QED) is 0.815. The van der Waals surface area contributed by atoms with Crippen molar-refractivity contribution in [3.63, 3.8) is 0 Å². The van der Waals surface area contributed by atoms with E-state index in [1.807, 2.05) is 19.2 Å². The van der Waals surface area contributed by atoms with Crippen molar-refractivity contribution in [2.45, 2.75) is 6.42 Å². The second-order valence-electron chi connectivity index (χ2n) is 3.14. The van der Waals surface area contributed by atoms with Gasteiger partial charge in [-0.3, -0.25) is 0 Å². The highest BCUT2D eigenvalue weighted by molar-refractivity contribution is 5.54. The molecule has 0 aromatic heterocycles. The van der Waals surface area contributed by atoms with Crippen LogP contribution in [0.15, 0.2) is 24.3 Å². The highest BCUT2D eigenvalue weighted by Gasteiger charge is 2.00. The average Bonchev–Trinajstić information content (AvgIpc) is 2.22. The van der Waals surface area contributed by atoms with Gasteiger partial charge in [0.15, 0.2) is 0 Å². The van der Waals surface area contributed by atoms with Gasteiger partial charge in [-0.25, -0.2) is 4.39 Å². The third-order valence-electron chi connectivity index (χ3n) is 2.00. The van der Waals surface area contributed by atoms with E-state index in [1.165, 1.54) is 12.1 Å². The molecule has 1 aromatic rings. The normalized spacial score (nSPS) is 10.5. The number of likely N-dealkylation sites (N-methyl/N-ethyl adjacent to an activating group) is 1. The predicted molar refractivity (Wildman–Crippen MR) is 58.7 cm³/mol. The van der Waals surface area contributed by atoms with Crippen molar-refractivity contribution in [3.8, 4) is 6.07 Å². The first-order valence-electron chi connectivity index (χ1n) is 4.74. The lowest BCUT2D eigenvalue weighted by molar-refractivity contribution is 0.627. The first-order chi connectivity index (χ1) is 7.27. The minimum absolute atomic E-state index is 0.277. The first kappa shape index (κ1) is 11.4. The molecule has 2 nitrogen and oxygen atoms in total. The largest absolute Gasteiger partial charge is 0.316 e. The summed E-state index contributed by atoms with van der Waals surface area (Å²) in [4.78, 5) is 0. The molecular formula is C12H13FN2. The van der Waals surface area contributed by atoms with Crippen LogP contribution < -0.4 is 5.32 Å². The van der Waals surface area contributed by atoms with Crippen LogP contribution in [0, 0.1) is 17.1 Å². The fourth-order valence-electron chi connectivity index (χ4n) is 1.27. The third-order valence-corrected chi connectivity index (χ3v) is 2.00. The number of rotatable bonds is 4. The zero-order valence-corrected chi connectivity index (χ0v) is 8.63. The van der Waals surface area contributed by atoms with E-state index in [-0.39, 0.29) is 5.82 Å². The van der Waals surface area contributed by atoms with Crippen molar-refractivity contribution >= 4 is 6.08 Å². The fraction of sp³-hybridized carbons (Fsp3) is 0.250. The number of nitriles is 1. The van der Waals surface area contributed by atoms with E-state index in [0.717, 1.165) is 17.7 Å². The molecule has 0 atom stereocenters. The van der Waals surface area contributed by atoms with Gasteiger partial charge in [-0.05, 0) is 30.3 Å². The van der Waals surface area contributed by atoms with Gasteiger partial charge in [0.25, 0.3) is 0 Å². The van der Waals surface area contributed by atoms with Gasteiger partial charge in [-0.2, -0.15) is 5.26 Å². The Balaban J connectivity index is 2.92. The van der Waals surface area contributed by atoms with E-state index in [4.69, 9.17) is 5.26 Å². The first-order valence-corrected chi connectivity index (χ1v) is 4.74. The molecular weight excluding hydrogens is 191 g/mol. The molecule has 0 heterocycles. The van der Waals surface area contributed by atoms with Gasteiger partial charge < -0.3 is 5.32 Å². The second kappa shape index (κ2) is 5.94. The molecule has 0 aliphatic rings. The zero-order valence-electron chi connectivity index (χ0n) is 8.63. The molecule has 0 aliphatic heterocycles. The molecule has 0 bridgehead atoms. The van der Waals surface area contributed by atoms with Crippen molar-refractivity contribution in [1.82, 2.24) is 5.32 Å². The fourth-order valence-corrected chi connectivity index (χ4v) is 1.27. The SMILES string of the molecule is CNCC=Cc1cc(F)ccc1CC#N. The summed E-state index contributed by atoms with van der Waals surface area (Å²) in [6, 6.07) is 6.53. The van der Waals surface area contributed by atoms with Crippen molar-refractivity contribution in [2.75, 3.05) is 13.6 Å². The van der Waals surface area contributed by atoms with Gasteiger partial charge >= 0.3 is 0 Å². The second-order valence-corrected chi connectivity index (χ2v) is 3.14. The average molecular weight is 204 g/mol. The molecule has 78 valence electrons. The lowest BCUT2D eigenvalue weighted by Crippen LogP contribution is -2.03. The van der Waals surface area contributed by atoms with Crippen molar-refractivity contribution in [1.29, 1.82) is 5.26 Å². The Hall–Kier alpha value is -1.66. The van der Waals surface area contributed by atoms with Gasteiger partial charge in [0.1, 0.15) is 5.82 Å². The maximum atomic E-state index is 13.0. The van der Waals surface area contributed by atoms with Crippen LogP contribution in [0.25, 0.3) is 6.08 Å². The van der Waals surface area contributed by atoms with Crippen molar-refractivity contribution < 1.29 is 4.39 Å². The Kier molecular flexibility index (Phi) is 4.52. The standard InChI is InChI=1S/C12H13FN2/c1-15-8-2-3-11-9-12(13)5-4-10(11)6-7-14/h2-5,9,15H,6,8H2,1H3. The summed E-state index contributed by atoms with van der Waals surface area (Å²) in [5.41, 5.74) is 1.62. The predicted octanol–water partition coefficient (Wildman–Crippen LogP) is 2.12. The van der Waals surface area contributed by atoms with Gasteiger partial charge in [-0.15, -0.1) is 0 Å². The Morgan fingerprint density at radius 1 is 1.53 bits per heavy atom. The molecule has 0 radical (unpaired) electrons. The third kappa shape index (κ3) is 3.53. The van der Waals surface area contributed by atoms with Crippen LogP contribution in [0.1, 0.15) is 11.1 Å². The van der Waals surface area contributed by atoms with Crippen LogP contribution in [-0.2, 0) is 6.42 Å². The van der Waals surface area contributed by atoms with E-state index < -0.39 is 0 Å². The van der Waals surface area contributed by atoms with E-state index in [0.29, 0.717) is 6.42 Å². The summed E-state index contributed by atoms with van der Waals surface area (Å²) in [6.45, 7) is 0.725. The number of hydrogen-bond donors (Lipinski definition) is 1. The molecule has 0 spiro atoms. The summed E-state index contributed by atoms with van der Waals surface area (Å²) in [5, 5.41) is 11.6. The summed E-state index contributed by atoms with van der Waals surface area (Å²) in [7, 11) is 1.84. The molecule has 15 heavy (non-hydrogen) atoms. The van der Waals surface area contributed by atoms with Gasteiger partial charge in [0.05, 0.1) is 12.5 Å². The summed E-state index contributed by atoms with van der Waals surface area (Å²) >= 11 is 0. The number of nitrogens with one attached hydrogen (secondary N) is 1. The molecule has 0 aliphatic carbocycles. The molecule has 0 amide bonds. The maximum absolute atomic E-state index is 13.0. The summed E-state index contributed by atoms with van der Waals surface area (Å²) < 4.78 is 13.0. The molecule has 0 saturated carbocycles. The molecule has 1 rings (SSSR count). The molecule has 1 N–H and O–H groups in total. The number of benzene rings is 1. The van der Waals surface area contributed by atoms with E-state index in [1.54, 1.807) is 6.07 Å². The Labute approximate surface area is 89.0 Å². The zero-order chi connectivity index (χ0) is 11.1. The Morgan fingerprint density at radius 2 is 2.33 bits per heavy atom. The van der Waals surface area contributed by atoms with Crippen LogP contribution in [0.5, 0.6) is 0 Å². The van der Waals surface area contributed by atoms with Crippen LogP contribution >= 0.6 is 0 Å². The monoisotopic (exact) mass is 204 g/mol. The lowest BCUT2D eigenvalue weighted by Gasteiger charge is -2.01. The van der Waals surface area contributed by atoms with Crippen molar-refractivity contribution in [3.05, 3.63) is 41.2 Å². The van der Waals surface area contributed by atoms with Gasteiger partial charge in [0.2, 0.25) is 0 Å². The van der Waals surface area contributed by atoms with Crippen LogP contribution in [0.4, 0.5) is 4.39 Å². The Bertz CT molecular complexity index is 391. The van der Waals surface area contributed by atoms with Crippen molar-refractivity contribution in [2.24, 2.45) is 0 Å².